The summed E-state index contributed by atoms with van der Waals surface area (Å²) in [5, 5.41) is 2.89. The van der Waals surface area contributed by atoms with Gasteiger partial charge in [0.1, 0.15) is 5.82 Å². The van der Waals surface area contributed by atoms with E-state index < -0.39 is 5.54 Å². The van der Waals surface area contributed by atoms with E-state index in [9.17, 15) is 4.79 Å². The van der Waals surface area contributed by atoms with E-state index in [1.165, 1.54) is 25.7 Å². The van der Waals surface area contributed by atoms with Crippen molar-refractivity contribution >= 4 is 11.7 Å². The predicted octanol–water partition coefficient (Wildman–Crippen LogP) is 1.57. The number of carbonyl (C=O) groups is 1. The second kappa shape index (κ2) is 6.02. The number of pyridine rings is 1. The van der Waals surface area contributed by atoms with Crippen LogP contribution in [0.15, 0.2) is 18.3 Å². The van der Waals surface area contributed by atoms with Gasteiger partial charge in [0.15, 0.2) is 0 Å². The maximum atomic E-state index is 11.8. The van der Waals surface area contributed by atoms with E-state index in [-0.39, 0.29) is 5.91 Å². The fraction of sp³-hybridized carbons (Fsp3) is 0.625. The van der Waals surface area contributed by atoms with Gasteiger partial charge in [0.25, 0.3) is 0 Å². The molecule has 1 amide bonds. The summed E-state index contributed by atoms with van der Waals surface area (Å²) in [6.07, 6.45) is 8.59. The third kappa shape index (κ3) is 3.53. The van der Waals surface area contributed by atoms with Crippen molar-refractivity contribution in [1.29, 1.82) is 0 Å². The lowest BCUT2D eigenvalue weighted by molar-refractivity contribution is -0.123. The maximum Gasteiger partial charge on any atom is 0.240 e. The van der Waals surface area contributed by atoms with E-state index in [0.29, 0.717) is 6.54 Å². The second-order valence-corrected chi connectivity index (χ2v) is 6.26. The quantitative estimate of drug-likeness (QED) is 0.882. The minimum Gasteiger partial charge on any atom is -0.357 e. The molecule has 1 saturated carbocycles. The van der Waals surface area contributed by atoms with Crippen LogP contribution in [0.5, 0.6) is 0 Å². The summed E-state index contributed by atoms with van der Waals surface area (Å²) in [5.74, 6) is 1.00. The molecule has 2 aliphatic rings. The molecule has 21 heavy (non-hydrogen) atoms. The lowest BCUT2D eigenvalue weighted by Gasteiger charge is -2.21. The number of anilines is 1. The number of nitrogens with zero attached hydrogens (tertiary/aromatic N) is 2. The Labute approximate surface area is 125 Å². The van der Waals surface area contributed by atoms with Gasteiger partial charge >= 0.3 is 0 Å². The first-order chi connectivity index (χ1) is 10.2. The standard InChI is InChI=1S/C16H24N4O/c17-16(7-8-16)15(21)19-12-13-5-6-14(18-11-13)20-9-3-1-2-4-10-20/h5-6,11H,1-4,7-10,12,17H2,(H,19,21). The van der Waals surface area contributed by atoms with Gasteiger partial charge in [-0.1, -0.05) is 18.9 Å². The van der Waals surface area contributed by atoms with E-state index >= 15 is 0 Å². The number of nitrogens with two attached hydrogens (primary N) is 1. The molecule has 1 aliphatic carbocycles. The Balaban J connectivity index is 1.54. The van der Waals surface area contributed by atoms with Crippen LogP contribution >= 0.6 is 0 Å². The summed E-state index contributed by atoms with van der Waals surface area (Å²) in [7, 11) is 0. The van der Waals surface area contributed by atoms with Crippen molar-refractivity contribution in [2.45, 2.75) is 50.6 Å². The first-order valence-corrected chi connectivity index (χ1v) is 7.94. The molecule has 3 rings (SSSR count). The van der Waals surface area contributed by atoms with Crippen LogP contribution in [0.25, 0.3) is 0 Å². The van der Waals surface area contributed by atoms with Crippen molar-refractivity contribution in [2.24, 2.45) is 5.73 Å². The summed E-state index contributed by atoms with van der Waals surface area (Å²) >= 11 is 0. The molecule has 2 fully saturated rings. The monoisotopic (exact) mass is 288 g/mol. The fourth-order valence-electron chi connectivity index (χ4n) is 2.73. The van der Waals surface area contributed by atoms with Gasteiger partial charge in [-0.05, 0) is 37.3 Å². The Kier molecular flexibility index (Phi) is 4.10. The number of hydrogen-bond acceptors (Lipinski definition) is 4. The Morgan fingerprint density at radius 1 is 1.24 bits per heavy atom. The zero-order valence-corrected chi connectivity index (χ0v) is 12.5. The van der Waals surface area contributed by atoms with Crippen LogP contribution < -0.4 is 16.0 Å². The summed E-state index contributed by atoms with van der Waals surface area (Å²) < 4.78 is 0. The van der Waals surface area contributed by atoms with E-state index in [4.69, 9.17) is 5.73 Å². The number of aromatic nitrogens is 1. The summed E-state index contributed by atoms with van der Waals surface area (Å²) in [4.78, 5) is 18.7. The topological polar surface area (TPSA) is 71.2 Å². The molecule has 2 heterocycles. The van der Waals surface area contributed by atoms with Crippen molar-refractivity contribution in [3.05, 3.63) is 23.9 Å². The van der Waals surface area contributed by atoms with Crippen LogP contribution in [0.1, 0.15) is 44.1 Å². The smallest absolute Gasteiger partial charge is 0.240 e. The van der Waals surface area contributed by atoms with E-state index in [1.807, 2.05) is 12.3 Å². The summed E-state index contributed by atoms with van der Waals surface area (Å²) in [6.45, 7) is 2.70. The lowest BCUT2D eigenvalue weighted by atomic mass is 10.2. The summed E-state index contributed by atoms with van der Waals surface area (Å²) in [6, 6.07) is 4.10. The molecule has 0 spiro atoms. The van der Waals surface area contributed by atoms with Crippen molar-refractivity contribution in [1.82, 2.24) is 10.3 Å². The SMILES string of the molecule is NC1(C(=O)NCc2ccc(N3CCCCCC3)nc2)CC1. The van der Waals surface area contributed by atoms with Crippen molar-refractivity contribution in [2.75, 3.05) is 18.0 Å². The molecule has 5 nitrogen and oxygen atoms in total. The van der Waals surface area contributed by atoms with Gasteiger partial charge in [-0.3, -0.25) is 4.79 Å². The third-order valence-corrected chi connectivity index (χ3v) is 4.43. The largest absolute Gasteiger partial charge is 0.357 e. The Hall–Kier alpha value is -1.62. The van der Waals surface area contributed by atoms with E-state index in [2.05, 4.69) is 21.3 Å². The summed E-state index contributed by atoms with van der Waals surface area (Å²) in [5.41, 5.74) is 6.28. The minimum absolute atomic E-state index is 0.0425. The van der Waals surface area contributed by atoms with Gasteiger partial charge in [-0.15, -0.1) is 0 Å². The molecular weight excluding hydrogens is 264 g/mol. The normalized spacial score (nSPS) is 20.7. The average Bonchev–Trinajstić information content (AvgIpc) is 3.29. The molecule has 1 aromatic rings. The maximum absolute atomic E-state index is 11.8. The second-order valence-electron chi connectivity index (χ2n) is 6.26. The third-order valence-electron chi connectivity index (χ3n) is 4.43. The highest BCUT2D eigenvalue weighted by atomic mass is 16.2. The highest BCUT2D eigenvalue weighted by Gasteiger charge is 2.45. The minimum atomic E-state index is -0.598. The van der Waals surface area contributed by atoms with Crippen molar-refractivity contribution in [3.63, 3.8) is 0 Å². The van der Waals surface area contributed by atoms with Crippen LogP contribution in [-0.4, -0.2) is 29.5 Å². The molecule has 1 aliphatic heterocycles. The van der Waals surface area contributed by atoms with Crippen LogP contribution in [-0.2, 0) is 11.3 Å². The number of rotatable bonds is 4. The van der Waals surface area contributed by atoms with Gasteiger partial charge in [-0.25, -0.2) is 4.98 Å². The predicted molar refractivity (Wildman–Crippen MR) is 82.9 cm³/mol. The molecule has 114 valence electrons. The van der Waals surface area contributed by atoms with Gasteiger partial charge in [0.05, 0.1) is 5.54 Å². The van der Waals surface area contributed by atoms with Gasteiger partial charge in [-0.2, -0.15) is 0 Å². The van der Waals surface area contributed by atoms with E-state index in [1.54, 1.807) is 0 Å². The van der Waals surface area contributed by atoms with Gasteiger partial charge in [0, 0.05) is 25.8 Å². The molecular formula is C16H24N4O. The Morgan fingerprint density at radius 2 is 1.95 bits per heavy atom. The number of nitrogens with one attached hydrogen (secondary N) is 1. The number of carbonyl (C=O) groups excluding carboxylic acids is 1. The molecule has 1 aromatic heterocycles. The Morgan fingerprint density at radius 3 is 2.52 bits per heavy atom. The number of amides is 1. The van der Waals surface area contributed by atoms with Crippen molar-refractivity contribution < 1.29 is 4.79 Å². The fourth-order valence-corrected chi connectivity index (χ4v) is 2.73. The van der Waals surface area contributed by atoms with E-state index in [0.717, 1.165) is 37.3 Å². The Bertz CT molecular complexity index is 488. The molecule has 1 saturated heterocycles. The average molecular weight is 288 g/mol. The number of hydrogen-bond donors (Lipinski definition) is 2. The van der Waals surface area contributed by atoms with Gasteiger partial charge < -0.3 is 16.0 Å². The zero-order chi connectivity index (χ0) is 14.7. The first-order valence-electron chi connectivity index (χ1n) is 7.94. The molecule has 5 heteroatoms. The van der Waals surface area contributed by atoms with Crippen LogP contribution in [0, 0.1) is 0 Å². The van der Waals surface area contributed by atoms with Crippen LogP contribution in [0.3, 0.4) is 0 Å². The highest BCUT2D eigenvalue weighted by Crippen LogP contribution is 2.32. The molecule has 0 bridgehead atoms. The van der Waals surface area contributed by atoms with Crippen LogP contribution in [0.2, 0.25) is 0 Å². The lowest BCUT2D eigenvalue weighted by Crippen LogP contribution is -2.42. The van der Waals surface area contributed by atoms with Gasteiger partial charge in [0.2, 0.25) is 5.91 Å². The molecule has 0 unspecified atom stereocenters. The molecule has 0 aromatic carbocycles. The molecule has 0 radical (unpaired) electrons. The zero-order valence-electron chi connectivity index (χ0n) is 12.5. The van der Waals surface area contributed by atoms with Crippen molar-refractivity contribution in [3.8, 4) is 0 Å². The highest BCUT2D eigenvalue weighted by molar-refractivity contribution is 5.88. The first kappa shape index (κ1) is 14.3. The molecule has 3 N–H and O–H groups in total. The molecule has 0 atom stereocenters. The van der Waals surface area contributed by atoms with Crippen LogP contribution in [0.4, 0.5) is 5.82 Å².